The molecule has 3 heteroatoms. The Balaban J connectivity index is 1.76. The zero-order valence-electron chi connectivity index (χ0n) is 9.86. The van der Waals surface area contributed by atoms with E-state index in [1.165, 1.54) is 19.3 Å². The minimum absolute atomic E-state index is 0.122. The van der Waals surface area contributed by atoms with E-state index in [2.05, 4.69) is 11.4 Å². The van der Waals surface area contributed by atoms with Crippen LogP contribution in [0.25, 0.3) is 0 Å². The first-order valence-electron chi connectivity index (χ1n) is 6.62. The molecule has 4 atom stereocenters. The Bertz CT molecular complexity index is 261. The summed E-state index contributed by atoms with van der Waals surface area (Å²) >= 11 is 0. The first-order chi connectivity index (χ1) is 7.81. The summed E-state index contributed by atoms with van der Waals surface area (Å²) in [7, 11) is 0. The molecule has 4 unspecified atom stereocenters. The van der Waals surface area contributed by atoms with E-state index in [1.807, 2.05) is 0 Å². The molecule has 0 aromatic rings. The Morgan fingerprint density at radius 2 is 1.94 bits per heavy atom. The van der Waals surface area contributed by atoms with Gasteiger partial charge in [-0.25, -0.2) is 0 Å². The minimum atomic E-state index is -0.122. The molecule has 2 aliphatic carbocycles. The van der Waals surface area contributed by atoms with E-state index in [-0.39, 0.29) is 12.0 Å². The normalized spacial score (nSPS) is 39.5. The van der Waals surface area contributed by atoms with Crippen LogP contribution in [-0.2, 0) is 0 Å². The Morgan fingerprint density at radius 1 is 1.12 bits per heavy atom. The number of nitrogens with one attached hydrogen (secondary N) is 1. The fraction of sp³-hybridized carbons (Fsp3) is 0.923. The molecule has 0 aromatic heterocycles. The van der Waals surface area contributed by atoms with Crippen LogP contribution in [0, 0.1) is 23.2 Å². The van der Waals surface area contributed by atoms with Gasteiger partial charge in [-0.2, -0.15) is 5.26 Å². The van der Waals surface area contributed by atoms with Crippen molar-refractivity contribution in [1.82, 2.24) is 5.32 Å². The van der Waals surface area contributed by atoms with Crippen molar-refractivity contribution < 1.29 is 5.11 Å². The van der Waals surface area contributed by atoms with E-state index in [4.69, 9.17) is 5.26 Å². The van der Waals surface area contributed by atoms with E-state index in [1.54, 1.807) is 0 Å². The molecule has 0 amide bonds. The third-order valence-electron chi connectivity index (χ3n) is 4.19. The molecule has 2 rings (SSSR count). The number of aliphatic hydroxyl groups is 1. The minimum Gasteiger partial charge on any atom is -0.393 e. The second kappa shape index (κ2) is 5.65. The molecule has 2 fully saturated rings. The SMILES string of the molecule is N#CC1CCCC1NCC1CCCCC1O. The standard InChI is InChI=1S/C13H22N2O/c14-8-10-5-3-6-12(10)15-9-11-4-1-2-7-13(11)16/h10-13,15-16H,1-7,9H2. The van der Waals surface area contributed by atoms with Gasteiger partial charge in [-0.15, -0.1) is 0 Å². The van der Waals surface area contributed by atoms with E-state index in [0.717, 1.165) is 32.2 Å². The van der Waals surface area contributed by atoms with Crippen molar-refractivity contribution in [3.63, 3.8) is 0 Å². The van der Waals surface area contributed by atoms with Crippen LogP contribution in [0.5, 0.6) is 0 Å². The maximum absolute atomic E-state index is 9.86. The topological polar surface area (TPSA) is 56.0 Å². The van der Waals surface area contributed by atoms with Crippen molar-refractivity contribution in [2.24, 2.45) is 11.8 Å². The first-order valence-corrected chi connectivity index (χ1v) is 6.62. The molecule has 16 heavy (non-hydrogen) atoms. The lowest BCUT2D eigenvalue weighted by Crippen LogP contribution is -2.40. The highest BCUT2D eigenvalue weighted by atomic mass is 16.3. The summed E-state index contributed by atoms with van der Waals surface area (Å²) in [5.74, 6) is 0.606. The van der Waals surface area contributed by atoms with Crippen LogP contribution in [0.2, 0.25) is 0 Å². The number of rotatable bonds is 3. The third kappa shape index (κ3) is 2.75. The highest BCUT2D eigenvalue weighted by Crippen LogP contribution is 2.27. The molecule has 3 nitrogen and oxygen atoms in total. The number of nitrogens with zero attached hydrogens (tertiary/aromatic N) is 1. The van der Waals surface area contributed by atoms with E-state index >= 15 is 0 Å². The molecule has 2 saturated carbocycles. The predicted octanol–water partition coefficient (Wildman–Crippen LogP) is 1.82. The van der Waals surface area contributed by atoms with E-state index in [0.29, 0.717) is 12.0 Å². The van der Waals surface area contributed by atoms with Crippen molar-refractivity contribution >= 4 is 0 Å². The lowest BCUT2D eigenvalue weighted by atomic mass is 9.86. The van der Waals surface area contributed by atoms with Crippen LogP contribution < -0.4 is 5.32 Å². The van der Waals surface area contributed by atoms with Gasteiger partial charge in [0.25, 0.3) is 0 Å². The molecule has 0 bridgehead atoms. The summed E-state index contributed by atoms with van der Waals surface area (Å²) < 4.78 is 0. The molecule has 0 saturated heterocycles. The van der Waals surface area contributed by atoms with Gasteiger partial charge < -0.3 is 10.4 Å². The highest BCUT2D eigenvalue weighted by Gasteiger charge is 2.29. The average molecular weight is 222 g/mol. The summed E-state index contributed by atoms with van der Waals surface area (Å²) in [4.78, 5) is 0. The van der Waals surface area contributed by atoms with Crippen molar-refractivity contribution in [1.29, 1.82) is 5.26 Å². The number of hydrogen-bond donors (Lipinski definition) is 2. The van der Waals surface area contributed by atoms with E-state index < -0.39 is 0 Å². The summed E-state index contributed by atoms with van der Waals surface area (Å²) in [5, 5.41) is 22.3. The molecule has 2 aliphatic rings. The van der Waals surface area contributed by atoms with Gasteiger partial charge in [0, 0.05) is 12.6 Å². The Morgan fingerprint density at radius 3 is 2.69 bits per heavy atom. The maximum atomic E-state index is 9.86. The highest BCUT2D eigenvalue weighted by molar-refractivity contribution is 4.96. The Hall–Kier alpha value is -0.590. The van der Waals surface area contributed by atoms with Crippen molar-refractivity contribution in [2.45, 2.75) is 57.1 Å². The first kappa shape index (κ1) is 11.9. The fourth-order valence-electron chi connectivity index (χ4n) is 3.09. The van der Waals surface area contributed by atoms with Crippen LogP contribution in [0.15, 0.2) is 0 Å². The van der Waals surface area contributed by atoms with Crippen molar-refractivity contribution in [2.75, 3.05) is 6.54 Å². The summed E-state index contributed by atoms with van der Waals surface area (Å²) in [6.07, 6.45) is 7.73. The number of aliphatic hydroxyl groups excluding tert-OH is 1. The smallest absolute Gasteiger partial charge is 0.0672 e. The van der Waals surface area contributed by atoms with Gasteiger partial charge in [-0.1, -0.05) is 19.3 Å². The molecule has 0 spiro atoms. The molecule has 90 valence electrons. The number of hydrogen-bond acceptors (Lipinski definition) is 3. The quantitative estimate of drug-likeness (QED) is 0.766. The zero-order valence-corrected chi connectivity index (χ0v) is 9.86. The Kier molecular flexibility index (Phi) is 4.20. The lowest BCUT2D eigenvalue weighted by Gasteiger charge is -2.29. The molecule has 0 aliphatic heterocycles. The zero-order chi connectivity index (χ0) is 11.4. The van der Waals surface area contributed by atoms with Crippen LogP contribution in [0.4, 0.5) is 0 Å². The number of nitriles is 1. The van der Waals surface area contributed by atoms with Gasteiger partial charge in [0.1, 0.15) is 0 Å². The van der Waals surface area contributed by atoms with Gasteiger partial charge in [0.05, 0.1) is 18.1 Å². The fourth-order valence-corrected chi connectivity index (χ4v) is 3.09. The Labute approximate surface area is 97.8 Å². The second-order valence-electron chi connectivity index (χ2n) is 5.29. The molecular weight excluding hydrogens is 200 g/mol. The van der Waals surface area contributed by atoms with Gasteiger partial charge in [0.15, 0.2) is 0 Å². The summed E-state index contributed by atoms with van der Waals surface area (Å²) in [6.45, 7) is 0.893. The molecule has 0 radical (unpaired) electrons. The maximum Gasteiger partial charge on any atom is 0.0672 e. The van der Waals surface area contributed by atoms with Crippen LogP contribution >= 0.6 is 0 Å². The van der Waals surface area contributed by atoms with Crippen LogP contribution in [-0.4, -0.2) is 23.8 Å². The second-order valence-corrected chi connectivity index (χ2v) is 5.29. The van der Waals surface area contributed by atoms with Crippen molar-refractivity contribution in [3.05, 3.63) is 0 Å². The molecular formula is C13H22N2O. The monoisotopic (exact) mass is 222 g/mol. The lowest BCUT2D eigenvalue weighted by molar-refractivity contribution is 0.0677. The predicted molar refractivity (Wildman–Crippen MR) is 62.7 cm³/mol. The molecule has 0 heterocycles. The molecule has 0 aromatic carbocycles. The van der Waals surface area contributed by atoms with Gasteiger partial charge in [-0.05, 0) is 31.6 Å². The summed E-state index contributed by atoms with van der Waals surface area (Å²) in [5.41, 5.74) is 0. The third-order valence-corrected chi connectivity index (χ3v) is 4.19. The van der Waals surface area contributed by atoms with E-state index in [9.17, 15) is 5.11 Å². The molecule has 2 N–H and O–H groups in total. The van der Waals surface area contributed by atoms with Gasteiger partial charge in [0.2, 0.25) is 0 Å². The average Bonchev–Trinajstić information content (AvgIpc) is 2.75. The van der Waals surface area contributed by atoms with Gasteiger partial charge >= 0.3 is 0 Å². The van der Waals surface area contributed by atoms with Gasteiger partial charge in [-0.3, -0.25) is 0 Å². The van der Waals surface area contributed by atoms with Crippen molar-refractivity contribution in [3.8, 4) is 6.07 Å². The van der Waals surface area contributed by atoms with Crippen LogP contribution in [0.3, 0.4) is 0 Å². The largest absolute Gasteiger partial charge is 0.393 e. The van der Waals surface area contributed by atoms with Crippen LogP contribution in [0.1, 0.15) is 44.9 Å². The summed E-state index contributed by atoms with van der Waals surface area (Å²) in [6, 6.07) is 2.76.